The Morgan fingerprint density at radius 1 is 1.19 bits per heavy atom. The van der Waals surface area contributed by atoms with Crippen LogP contribution < -0.4 is 19.1 Å². The van der Waals surface area contributed by atoms with Gasteiger partial charge in [0, 0.05) is 17.2 Å². The highest BCUT2D eigenvalue weighted by Gasteiger charge is 2.28. The summed E-state index contributed by atoms with van der Waals surface area (Å²) in [5.41, 5.74) is 1.20. The summed E-state index contributed by atoms with van der Waals surface area (Å²) < 4.78 is 22.9. The molecule has 4 rings (SSSR count). The molecule has 31 heavy (non-hydrogen) atoms. The topological polar surface area (TPSA) is 70.1 Å². The predicted molar refractivity (Wildman–Crippen MR) is 121 cm³/mol. The zero-order valence-corrected chi connectivity index (χ0v) is 19.1. The van der Waals surface area contributed by atoms with Crippen LogP contribution in [0.2, 0.25) is 5.02 Å². The molecular formula is C22H23ClN2O5S. The van der Waals surface area contributed by atoms with E-state index in [9.17, 15) is 4.79 Å². The van der Waals surface area contributed by atoms with Gasteiger partial charge < -0.3 is 18.9 Å². The monoisotopic (exact) mass is 462 g/mol. The summed E-state index contributed by atoms with van der Waals surface area (Å²) >= 11 is 7.56. The first-order valence-corrected chi connectivity index (χ1v) is 11.0. The second-order valence-electron chi connectivity index (χ2n) is 7.07. The van der Waals surface area contributed by atoms with Crippen LogP contribution in [0.25, 0.3) is 10.2 Å². The number of nitrogens with zero attached hydrogens (tertiary/aromatic N) is 2. The van der Waals surface area contributed by atoms with Crippen LogP contribution >= 0.6 is 22.9 Å². The third-order valence-electron chi connectivity index (χ3n) is 5.14. The molecule has 2 aromatic carbocycles. The standard InChI is InChI=1S/C22H23ClN2O5S/c1-27-17-9-13(10-18(28-2)20(17)29-3)21(26)25(12-15-5-4-8-30-15)22-24-16-7-6-14(23)11-19(16)31-22/h6-7,9-11,15H,4-5,8,12H2,1-3H3. The average Bonchev–Trinajstić information content (AvgIpc) is 3.45. The number of halogens is 1. The number of amides is 1. The Hall–Kier alpha value is -2.55. The lowest BCUT2D eigenvalue weighted by Gasteiger charge is -2.24. The van der Waals surface area contributed by atoms with Crippen LogP contribution in [-0.2, 0) is 4.74 Å². The van der Waals surface area contributed by atoms with Crippen molar-refractivity contribution >= 4 is 44.2 Å². The van der Waals surface area contributed by atoms with Crippen LogP contribution in [0.1, 0.15) is 23.2 Å². The minimum Gasteiger partial charge on any atom is -0.493 e. The molecule has 0 N–H and O–H groups in total. The molecule has 7 nitrogen and oxygen atoms in total. The lowest BCUT2D eigenvalue weighted by molar-refractivity contribution is 0.0917. The van der Waals surface area contributed by atoms with E-state index >= 15 is 0 Å². The van der Waals surface area contributed by atoms with Crippen molar-refractivity contribution in [2.45, 2.75) is 18.9 Å². The second kappa shape index (κ2) is 9.30. The fourth-order valence-electron chi connectivity index (χ4n) is 3.60. The van der Waals surface area contributed by atoms with Gasteiger partial charge >= 0.3 is 0 Å². The molecule has 0 saturated carbocycles. The van der Waals surface area contributed by atoms with Gasteiger partial charge in [-0.1, -0.05) is 22.9 Å². The third kappa shape index (κ3) is 4.42. The van der Waals surface area contributed by atoms with E-state index in [2.05, 4.69) is 4.98 Å². The largest absolute Gasteiger partial charge is 0.493 e. The first-order valence-electron chi connectivity index (χ1n) is 9.83. The highest BCUT2D eigenvalue weighted by atomic mass is 35.5. The molecule has 9 heteroatoms. The van der Waals surface area contributed by atoms with Crippen LogP contribution in [0.5, 0.6) is 17.2 Å². The molecule has 1 aromatic heterocycles. The molecule has 164 valence electrons. The van der Waals surface area contributed by atoms with E-state index < -0.39 is 0 Å². The van der Waals surface area contributed by atoms with Gasteiger partial charge in [0.15, 0.2) is 16.6 Å². The molecule has 1 unspecified atom stereocenters. The number of benzene rings is 2. The van der Waals surface area contributed by atoms with Crippen molar-refractivity contribution < 1.29 is 23.7 Å². The van der Waals surface area contributed by atoms with Crippen molar-refractivity contribution in [1.29, 1.82) is 0 Å². The molecule has 1 fully saturated rings. The molecule has 0 radical (unpaired) electrons. The van der Waals surface area contributed by atoms with E-state index in [1.165, 1.54) is 32.7 Å². The fourth-order valence-corrected chi connectivity index (χ4v) is 4.85. The van der Waals surface area contributed by atoms with Gasteiger partial charge in [0.1, 0.15) is 0 Å². The van der Waals surface area contributed by atoms with E-state index in [0.29, 0.717) is 46.1 Å². The summed E-state index contributed by atoms with van der Waals surface area (Å²) in [6.07, 6.45) is 1.84. The Bertz CT molecular complexity index is 1070. The summed E-state index contributed by atoms with van der Waals surface area (Å²) in [5.74, 6) is 1.04. The maximum absolute atomic E-state index is 13.7. The van der Waals surface area contributed by atoms with E-state index in [1.54, 1.807) is 23.1 Å². The Labute approximate surface area is 189 Å². The van der Waals surface area contributed by atoms with E-state index in [-0.39, 0.29) is 12.0 Å². The van der Waals surface area contributed by atoms with Crippen LogP contribution in [0.15, 0.2) is 30.3 Å². The summed E-state index contributed by atoms with van der Waals surface area (Å²) in [4.78, 5) is 20.0. The number of aromatic nitrogens is 1. The number of carbonyl (C=O) groups excluding carboxylic acids is 1. The van der Waals surface area contributed by atoms with Crippen LogP contribution in [0.4, 0.5) is 5.13 Å². The number of methoxy groups -OCH3 is 3. The van der Waals surface area contributed by atoms with E-state index in [4.69, 9.17) is 30.5 Å². The van der Waals surface area contributed by atoms with Crippen molar-refractivity contribution in [3.8, 4) is 17.2 Å². The Morgan fingerprint density at radius 3 is 2.55 bits per heavy atom. The number of carbonyl (C=O) groups is 1. The highest BCUT2D eigenvalue weighted by Crippen LogP contribution is 2.39. The highest BCUT2D eigenvalue weighted by molar-refractivity contribution is 7.22. The third-order valence-corrected chi connectivity index (χ3v) is 6.41. The van der Waals surface area contributed by atoms with E-state index in [0.717, 1.165) is 23.1 Å². The number of hydrogen-bond donors (Lipinski definition) is 0. The first-order chi connectivity index (χ1) is 15.0. The maximum Gasteiger partial charge on any atom is 0.260 e. The molecule has 1 aliphatic rings. The molecule has 2 heterocycles. The van der Waals surface area contributed by atoms with Crippen molar-refractivity contribution in [1.82, 2.24) is 4.98 Å². The molecule has 0 bridgehead atoms. The molecule has 0 spiro atoms. The zero-order valence-electron chi connectivity index (χ0n) is 17.5. The molecule has 1 saturated heterocycles. The van der Waals surface area contributed by atoms with Gasteiger partial charge in [-0.05, 0) is 43.2 Å². The van der Waals surface area contributed by atoms with Crippen LogP contribution in [-0.4, -0.2) is 51.5 Å². The van der Waals surface area contributed by atoms with Crippen molar-refractivity contribution in [3.63, 3.8) is 0 Å². The van der Waals surface area contributed by atoms with Crippen LogP contribution in [0, 0.1) is 0 Å². The number of ether oxygens (including phenoxy) is 4. The number of anilines is 1. The summed E-state index contributed by atoms with van der Waals surface area (Å²) in [6.45, 7) is 1.11. The molecule has 3 aromatic rings. The quantitative estimate of drug-likeness (QED) is 0.502. The predicted octanol–water partition coefficient (Wildman–Crippen LogP) is 4.80. The van der Waals surface area contributed by atoms with Crippen molar-refractivity contribution in [2.24, 2.45) is 0 Å². The van der Waals surface area contributed by atoms with Gasteiger partial charge in [0.2, 0.25) is 5.75 Å². The fraction of sp³-hybridized carbons (Fsp3) is 0.364. The van der Waals surface area contributed by atoms with Gasteiger partial charge in [-0.2, -0.15) is 0 Å². The molecule has 1 atom stereocenters. The van der Waals surface area contributed by atoms with Gasteiger partial charge in [0.25, 0.3) is 5.91 Å². The van der Waals surface area contributed by atoms with Crippen LogP contribution in [0.3, 0.4) is 0 Å². The van der Waals surface area contributed by atoms with Gasteiger partial charge in [-0.3, -0.25) is 9.69 Å². The molecule has 1 amide bonds. The Morgan fingerprint density at radius 2 is 1.94 bits per heavy atom. The van der Waals surface area contributed by atoms with Gasteiger partial charge in [0.05, 0.1) is 44.2 Å². The Balaban J connectivity index is 1.76. The van der Waals surface area contributed by atoms with Crippen molar-refractivity contribution in [3.05, 3.63) is 40.9 Å². The van der Waals surface area contributed by atoms with Crippen molar-refractivity contribution in [2.75, 3.05) is 39.4 Å². The average molecular weight is 463 g/mol. The summed E-state index contributed by atoms with van der Waals surface area (Å²) in [5, 5.41) is 1.22. The summed E-state index contributed by atoms with van der Waals surface area (Å²) in [7, 11) is 4.57. The van der Waals surface area contributed by atoms with Gasteiger partial charge in [-0.25, -0.2) is 4.98 Å². The lowest BCUT2D eigenvalue weighted by Crippen LogP contribution is -2.37. The molecular weight excluding hydrogens is 440 g/mol. The number of fused-ring (bicyclic) bond motifs is 1. The normalized spacial score (nSPS) is 15.8. The summed E-state index contributed by atoms with van der Waals surface area (Å²) in [6, 6.07) is 8.80. The second-order valence-corrected chi connectivity index (χ2v) is 8.52. The first kappa shape index (κ1) is 21.7. The number of thiazole rings is 1. The maximum atomic E-state index is 13.7. The SMILES string of the molecule is COc1cc(C(=O)N(CC2CCCO2)c2nc3ccc(Cl)cc3s2)cc(OC)c1OC. The van der Waals surface area contributed by atoms with Gasteiger partial charge in [-0.15, -0.1) is 0 Å². The number of hydrogen-bond acceptors (Lipinski definition) is 7. The zero-order chi connectivity index (χ0) is 22.0. The lowest BCUT2D eigenvalue weighted by atomic mass is 10.1. The number of rotatable bonds is 7. The molecule has 0 aliphatic carbocycles. The Kier molecular flexibility index (Phi) is 6.50. The minimum atomic E-state index is -0.222. The van der Waals surface area contributed by atoms with E-state index in [1.807, 2.05) is 12.1 Å². The smallest absolute Gasteiger partial charge is 0.260 e. The minimum absolute atomic E-state index is 0.0402. The molecule has 1 aliphatic heterocycles.